The predicted octanol–water partition coefficient (Wildman–Crippen LogP) is 9.54. The second-order valence-corrected chi connectivity index (χ2v) is 16.7. The molecule has 0 saturated heterocycles. The van der Waals surface area contributed by atoms with Crippen molar-refractivity contribution in [2.75, 3.05) is 26.7 Å². The van der Waals surface area contributed by atoms with Crippen LogP contribution < -0.4 is 0 Å². The summed E-state index contributed by atoms with van der Waals surface area (Å²) in [4.78, 5) is 0. The van der Waals surface area contributed by atoms with E-state index in [-0.39, 0.29) is 0 Å². The normalized spacial score (nSPS) is 22.0. The molecule has 0 N–H and O–H groups in total. The van der Waals surface area contributed by atoms with Gasteiger partial charge in [0.15, 0.2) is 0 Å². The van der Waals surface area contributed by atoms with Crippen molar-refractivity contribution in [3.05, 3.63) is 118 Å². The lowest BCUT2D eigenvalue weighted by Gasteiger charge is -2.48. The van der Waals surface area contributed by atoms with Crippen LogP contribution in [0.25, 0.3) is 22.3 Å². The molecule has 214 valence electrons. The molecule has 0 spiro atoms. The van der Waals surface area contributed by atoms with Gasteiger partial charge in [-0.15, -0.1) is 0 Å². The first-order valence-corrected chi connectivity index (χ1v) is 17.5. The van der Waals surface area contributed by atoms with E-state index in [0.29, 0.717) is 35.5 Å². The van der Waals surface area contributed by atoms with Crippen LogP contribution in [0.1, 0.15) is 57.7 Å². The standard InChI is InChI=1S/C38H44O2S/c1-25-21-35-31(29-17-13-27(14-18-29)23-39-3)9-7-11-33(35)37(25)41(5,6)38-26(2)22-36-32(10-8-12-34(36)38)30-19-15-28(16-20-30)24-40-4/h7-20,25-26,37-38H,21-24H2,1-6H3. The van der Waals surface area contributed by atoms with E-state index in [1.165, 1.54) is 33.4 Å². The van der Waals surface area contributed by atoms with Gasteiger partial charge in [0.1, 0.15) is 0 Å². The summed E-state index contributed by atoms with van der Waals surface area (Å²) in [5.41, 5.74) is 14.3. The molecule has 0 amide bonds. The van der Waals surface area contributed by atoms with E-state index in [4.69, 9.17) is 9.47 Å². The maximum absolute atomic E-state index is 5.34. The van der Waals surface area contributed by atoms with Crippen molar-refractivity contribution in [2.24, 2.45) is 11.8 Å². The van der Waals surface area contributed by atoms with E-state index in [1.807, 2.05) is 0 Å². The number of rotatable bonds is 8. The summed E-state index contributed by atoms with van der Waals surface area (Å²) in [5.74, 6) is 1.27. The maximum Gasteiger partial charge on any atom is 0.0713 e. The minimum Gasteiger partial charge on any atom is -0.380 e. The van der Waals surface area contributed by atoms with Crippen LogP contribution in [0.5, 0.6) is 0 Å². The molecule has 0 fully saturated rings. The summed E-state index contributed by atoms with van der Waals surface area (Å²) in [6, 6.07) is 32.1. The largest absolute Gasteiger partial charge is 0.380 e. The molecular weight excluding hydrogens is 520 g/mol. The third-order valence-corrected chi connectivity index (χ3v) is 13.6. The van der Waals surface area contributed by atoms with E-state index in [0.717, 1.165) is 12.8 Å². The average molecular weight is 565 g/mol. The Bertz CT molecular complexity index is 1400. The summed E-state index contributed by atoms with van der Waals surface area (Å²) in [5, 5.41) is 1.20. The Morgan fingerprint density at radius 3 is 1.34 bits per heavy atom. The van der Waals surface area contributed by atoms with Crippen molar-refractivity contribution in [2.45, 2.75) is 50.4 Å². The molecule has 2 nitrogen and oxygen atoms in total. The number of fused-ring (bicyclic) bond motifs is 2. The lowest BCUT2D eigenvalue weighted by molar-refractivity contribution is 0.185. The van der Waals surface area contributed by atoms with Crippen LogP contribution in [0.3, 0.4) is 0 Å². The number of hydrogen-bond donors (Lipinski definition) is 0. The second-order valence-electron chi connectivity index (χ2n) is 12.7. The summed E-state index contributed by atoms with van der Waals surface area (Å²) < 4.78 is 10.7. The van der Waals surface area contributed by atoms with E-state index >= 15 is 0 Å². The molecule has 0 saturated carbocycles. The zero-order chi connectivity index (χ0) is 28.7. The van der Waals surface area contributed by atoms with Gasteiger partial charge in [0.2, 0.25) is 0 Å². The topological polar surface area (TPSA) is 18.5 Å². The van der Waals surface area contributed by atoms with Gasteiger partial charge in [0, 0.05) is 24.7 Å². The molecule has 4 unspecified atom stereocenters. The smallest absolute Gasteiger partial charge is 0.0713 e. The third-order valence-electron chi connectivity index (χ3n) is 9.58. The Morgan fingerprint density at radius 2 is 0.976 bits per heavy atom. The number of benzene rings is 4. The molecule has 41 heavy (non-hydrogen) atoms. The van der Waals surface area contributed by atoms with Gasteiger partial charge in [0.05, 0.1) is 13.2 Å². The summed E-state index contributed by atoms with van der Waals surface area (Å²) in [6.07, 6.45) is 7.60. The number of ether oxygens (including phenoxy) is 2. The molecule has 0 aliphatic heterocycles. The highest BCUT2D eigenvalue weighted by Gasteiger charge is 2.47. The van der Waals surface area contributed by atoms with E-state index in [9.17, 15) is 0 Å². The fourth-order valence-corrected chi connectivity index (χ4v) is 12.8. The monoisotopic (exact) mass is 564 g/mol. The van der Waals surface area contributed by atoms with Crippen LogP contribution in [0.2, 0.25) is 0 Å². The zero-order valence-corrected chi connectivity index (χ0v) is 26.3. The molecule has 6 rings (SSSR count). The lowest BCUT2D eigenvalue weighted by atomic mass is 9.96. The van der Waals surface area contributed by atoms with Crippen LogP contribution in [-0.4, -0.2) is 26.7 Å². The van der Waals surface area contributed by atoms with Gasteiger partial charge in [-0.1, -0.05) is 98.8 Å². The lowest BCUT2D eigenvalue weighted by Crippen LogP contribution is -2.21. The fourth-order valence-electron chi connectivity index (χ4n) is 8.11. The van der Waals surface area contributed by atoms with E-state index in [1.54, 1.807) is 36.5 Å². The van der Waals surface area contributed by atoms with Crippen LogP contribution in [0.15, 0.2) is 84.9 Å². The average Bonchev–Trinajstić information content (AvgIpc) is 3.50. The van der Waals surface area contributed by atoms with Crippen molar-refractivity contribution in [3.8, 4) is 22.3 Å². The van der Waals surface area contributed by atoms with Crippen molar-refractivity contribution in [1.29, 1.82) is 0 Å². The Morgan fingerprint density at radius 1 is 0.585 bits per heavy atom. The molecule has 2 aliphatic carbocycles. The predicted molar refractivity (Wildman–Crippen MR) is 176 cm³/mol. The van der Waals surface area contributed by atoms with Crippen LogP contribution in [0.4, 0.5) is 0 Å². The fraction of sp³-hybridized carbons (Fsp3) is 0.368. The molecule has 4 aromatic rings. The van der Waals surface area contributed by atoms with E-state index < -0.39 is 10.0 Å². The molecule has 0 heterocycles. The highest BCUT2D eigenvalue weighted by atomic mass is 32.3. The molecule has 2 aliphatic rings. The summed E-state index contributed by atoms with van der Waals surface area (Å²) in [7, 11) is 2.49. The number of hydrogen-bond acceptors (Lipinski definition) is 2. The highest BCUT2D eigenvalue weighted by molar-refractivity contribution is 8.33. The van der Waals surface area contributed by atoms with Gasteiger partial charge in [-0.05, 0) is 92.8 Å². The Kier molecular flexibility index (Phi) is 7.89. The number of methoxy groups -OCH3 is 2. The van der Waals surface area contributed by atoms with Gasteiger partial charge >= 0.3 is 0 Å². The van der Waals surface area contributed by atoms with Crippen molar-refractivity contribution < 1.29 is 9.47 Å². The minimum absolute atomic E-state index is 0.598. The van der Waals surface area contributed by atoms with Gasteiger partial charge in [-0.25, -0.2) is 10.0 Å². The van der Waals surface area contributed by atoms with Crippen molar-refractivity contribution in [3.63, 3.8) is 0 Å². The molecule has 4 atom stereocenters. The highest BCUT2D eigenvalue weighted by Crippen LogP contribution is 2.73. The molecule has 0 radical (unpaired) electrons. The second kappa shape index (κ2) is 11.4. The van der Waals surface area contributed by atoms with Gasteiger partial charge in [0.25, 0.3) is 0 Å². The van der Waals surface area contributed by atoms with Gasteiger partial charge in [-0.2, -0.15) is 0 Å². The first-order chi connectivity index (χ1) is 19.8. The summed E-state index contributed by atoms with van der Waals surface area (Å²) in [6.45, 7) is 6.32. The first-order valence-electron chi connectivity index (χ1n) is 14.9. The Labute approximate surface area is 248 Å². The van der Waals surface area contributed by atoms with Crippen molar-refractivity contribution >= 4 is 10.0 Å². The molecular formula is C38H44O2S. The van der Waals surface area contributed by atoms with Crippen LogP contribution in [-0.2, 0) is 35.5 Å². The quantitative estimate of drug-likeness (QED) is 0.212. The molecule has 0 aromatic heterocycles. The third kappa shape index (κ3) is 5.07. The SMILES string of the molecule is COCc1ccc(-c2cccc3c2CC(C)C3S(C)(C)C2c3cccc(-c4ccc(COC)cc4)c3CC2C)cc1. The van der Waals surface area contributed by atoms with Crippen molar-refractivity contribution in [1.82, 2.24) is 0 Å². The van der Waals surface area contributed by atoms with Gasteiger partial charge < -0.3 is 9.47 Å². The van der Waals surface area contributed by atoms with Crippen LogP contribution in [0, 0.1) is 11.8 Å². The minimum atomic E-state index is -1.02. The molecule has 3 heteroatoms. The zero-order valence-electron chi connectivity index (χ0n) is 25.4. The molecule has 4 aromatic carbocycles. The van der Waals surface area contributed by atoms with Gasteiger partial charge in [-0.3, -0.25) is 0 Å². The molecule has 0 bridgehead atoms. The Hall–Kier alpha value is -2.85. The summed E-state index contributed by atoms with van der Waals surface area (Å²) >= 11 is 0. The first kappa shape index (κ1) is 28.3. The Balaban J connectivity index is 1.36. The van der Waals surface area contributed by atoms with E-state index in [2.05, 4.69) is 111 Å². The van der Waals surface area contributed by atoms with Crippen LogP contribution >= 0.6 is 10.0 Å². The maximum atomic E-state index is 5.34.